The van der Waals surface area contributed by atoms with Gasteiger partial charge in [0.2, 0.25) is 10.0 Å². The van der Waals surface area contributed by atoms with Crippen molar-refractivity contribution in [3.8, 4) is 11.5 Å². The molecule has 1 fully saturated rings. The monoisotopic (exact) mass is 401 g/mol. The fourth-order valence-electron chi connectivity index (χ4n) is 3.43. The lowest BCUT2D eigenvalue weighted by molar-refractivity contribution is -0.149. The number of aliphatic hydroxyl groups is 1. The fourth-order valence-corrected chi connectivity index (χ4v) is 4.99. The Kier molecular flexibility index (Phi) is 5.69. The molecule has 2 heterocycles. The number of ether oxygens (including phenoxy) is 4. The van der Waals surface area contributed by atoms with E-state index in [1.807, 2.05) is 12.1 Å². The van der Waals surface area contributed by atoms with Crippen LogP contribution in [0.15, 0.2) is 12.1 Å². The summed E-state index contributed by atoms with van der Waals surface area (Å²) in [6, 6.07) is 3.70. The Morgan fingerprint density at radius 1 is 1.26 bits per heavy atom. The maximum atomic E-state index is 12.8. The number of benzene rings is 1. The smallest absolute Gasteiger partial charge is 0.217 e. The molecule has 0 saturated carbocycles. The van der Waals surface area contributed by atoms with Gasteiger partial charge in [0.05, 0.1) is 32.7 Å². The van der Waals surface area contributed by atoms with Crippen molar-refractivity contribution in [2.24, 2.45) is 0 Å². The third-order valence-electron chi connectivity index (χ3n) is 4.92. The molecule has 1 aromatic carbocycles. The maximum absolute atomic E-state index is 12.8. The van der Waals surface area contributed by atoms with Gasteiger partial charge in [-0.15, -0.1) is 0 Å². The van der Waals surface area contributed by atoms with Crippen LogP contribution in [0.25, 0.3) is 0 Å². The Hall–Kier alpha value is -1.39. The second kappa shape index (κ2) is 7.56. The van der Waals surface area contributed by atoms with Gasteiger partial charge < -0.3 is 24.1 Å². The minimum atomic E-state index is -3.66. The summed E-state index contributed by atoms with van der Waals surface area (Å²) >= 11 is 0. The number of methoxy groups -OCH3 is 2. The van der Waals surface area contributed by atoms with Crippen LogP contribution < -0.4 is 9.47 Å². The van der Waals surface area contributed by atoms with Gasteiger partial charge in [0, 0.05) is 13.1 Å². The lowest BCUT2D eigenvalue weighted by Crippen LogP contribution is -2.43. The normalized spacial score (nSPS) is 23.7. The van der Waals surface area contributed by atoms with Crippen molar-refractivity contribution in [1.82, 2.24) is 4.31 Å². The van der Waals surface area contributed by atoms with Crippen molar-refractivity contribution in [2.75, 3.05) is 33.1 Å². The number of hydrogen-bond acceptors (Lipinski definition) is 7. The zero-order valence-corrected chi connectivity index (χ0v) is 16.9. The van der Waals surface area contributed by atoms with Crippen molar-refractivity contribution < 1.29 is 32.5 Å². The molecule has 0 aromatic heterocycles. The quantitative estimate of drug-likeness (QED) is 0.757. The highest BCUT2D eigenvalue weighted by molar-refractivity contribution is 7.89. The Bertz CT molecular complexity index is 793. The first-order chi connectivity index (χ1) is 12.6. The van der Waals surface area contributed by atoms with Crippen LogP contribution in [0.2, 0.25) is 0 Å². The summed E-state index contributed by atoms with van der Waals surface area (Å²) in [7, 11) is -0.544. The summed E-state index contributed by atoms with van der Waals surface area (Å²) in [6.45, 7) is 4.22. The Labute approximate surface area is 160 Å². The number of sulfonamides is 1. The highest BCUT2D eigenvalue weighted by atomic mass is 32.2. The Balaban J connectivity index is 1.72. The predicted octanol–water partition coefficient (Wildman–Crippen LogP) is 0.904. The summed E-state index contributed by atoms with van der Waals surface area (Å²) < 4.78 is 48.6. The van der Waals surface area contributed by atoms with Crippen LogP contribution in [0.5, 0.6) is 11.5 Å². The van der Waals surface area contributed by atoms with Crippen LogP contribution in [-0.2, 0) is 32.5 Å². The molecule has 2 aliphatic heterocycles. The molecule has 9 heteroatoms. The second-order valence-corrected chi connectivity index (χ2v) is 9.29. The molecule has 152 valence electrons. The zero-order valence-electron chi connectivity index (χ0n) is 16.1. The van der Waals surface area contributed by atoms with E-state index < -0.39 is 33.8 Å². The van der Waals surface area contributed by atoms with Gasteiger partial charge >= 0.3 is 0 Å². The van der Waals surface area contributed by atoms with Crippen LogP contribution in [0.4, 0.5) is 0 Å². The number of aliphatic hydroxyl groups excluding tert-OH is 1. The van der Waals surface area contributed by atoms with Crippen LogP contribution >= 0.6 is 0 Å². The van der Waals surface area contributed by atoms with Crippen molar-refractivity contribution >= 4 is 10.0 Å². The molecule has 0 aliphatic carbocycles. The van der Waals surface area contributed by atoms with Crippen LogP contribution in [-0.4, -0.2) is 68.9 Å². The minimum Gasteiger partial charge on any atom is -0.493 e. The number of fused-ring (bicyclic) bond motifs is 1. The zero-order chi connectivity index (χ0) is 19.8. The lowest BCUT2D eigenvalue weighted by atomic mass is 10.0. The highest BCUT2D eigenvalue weighted by Gasteiger charge is 2.39. The first-order valence-electron chi connectivity index (χ1n) is 8.86. The van der Waals surface area contributed by atoms with Gasteiger partial charge in [0.15, 0.2) is 17.3 Å². The van der Waals surface area contributed by atoms with Crippen LogP contribution in [0.3, 0.4) is 0 Å². The van der Waals surface area contributed by atoms with Gasteiger partial charge in [0.25, 0.3) is 0 Å². The molecule has 3 rings (SSSR count). The van der Waals surface area contributed by atoms with E-state index in [-0.39, 0.29) is 13.2 Å². The first-order valence-corrected chi connectivity index (χ1v) is 10.5. The van der Waals surface area contributed by atoms with E-state index in [9.17, 15) is 13.5 Å². The van der Waals surface area contributed by atoms with Gasteiger partial charge in [0.1, 0.15) is 6.10 Å². The lowest BCUT2D eigenvalue weighted by Gasteiger charge is -2.30. The fraction of sp³-hybridized carbons (Fsp3) is 0.667. The molecule has 1 saturated heterocycles. The predicted molar refractivity (Wildman–Crippen MR) is 98.4 cm³/mol. The minimum absolute atomic E-state index is 0.170. The van der Waals surface area contributed by atoms with E-state index in [0.29, 0.717) is 24.5 Å². The molecule has 2 atom stereocenters. The molecule has 0 spiro atoms. The van der Waals surface area contributed by atoms with Gasteiger partial charge in [-0.3, -0.25) is 0 Å². The average molecular weight is 401 g/mol. The second-order valence-electron chi connectivity index (χ2n) is 7.27. The average Bonchev–Trinajstić information content (AvgIpc) is 2.99. The molecule has 1 N–H and O–H groups in total. The van der Waals surface area contributed by atoms with E-state index in [2.05, 4.69) is 0 Å². The van der Waals surface area contributed by atoms with E-state index in [0.717, 1.165) is 11.1 Å². The third-order valence-corrected chi connectivity index (χ3v) is 6.78. The van der Waals surface area contributed by atoms with Crippen LogP contribution in [0, 0.1) is 0 Å². The molecule has 1 unspecified atom stereocenters. The van der Waals surface area contributed by atoms with E-state index in [1.165, 1.54) is 4.31 Å². The molecule has 8 nitrogen and oxygen atoms in total. The number of rotatable bonds is 6. The molecule has 2 aliphatic rings. The van der Waals surface area contributed by atoms with Gasteiger partial charge in [-0.25, -0.2) is 8.42 Å². The van der Waals surface area contributed by atoms with E-state index in [1.54, 1.807) is 28.1 Å². The first kappa shape index (κ1) is 20.3. The third kappa shape index (κ3) is 4.38. The molecular formula is C18H27NO7S. The highest BCUT2D eigenvalue weighted by Crippen LogP contribution is 2.34. The standard InChI is InChI=1S/C18H27NO7S/c1-18(2)25-10-17(26-18)14(20)11-27(21,22)19-6-5-12-7-15(23-3)16(24-4)8-13(12)9-19/h7-8,14,17,20H,5-6,9-11H2,1-4H3/t14?,17-/m1/s1. The van der Waals surface area contributed by atoms with E-state index >= 15 is 0 Å². The molecule has 0 amide bonds. The molecule has 0 radical (unpaired) electrons. The summed E-state index contributed by atoms with van der Waals surface area (Å²) in [5.41, 5.74) is 1.91. The summed E-state index contributed by atoms with van der Waals surface area (Å²) in [5.74, 6) is -0.0207. The van der Waals surface area contributed by atoms with Crippen LogP contribution in [0.1, 0.15) is 25.0 Å². The summed E-state index contributed by atoms with van der Waals surface area (Å²) in [4.78, 5) is 0. The SMILES string of the molecule is COc1cc2c(cc1OC)CN(S(=O)(=O)CC(O)[C@H]1COC(C)(C)O1)CC2. The van der Waals surface area contributed by atoms with Crippen molar-refractivity contribution in [3.63, 3.8) is 0 Å². The molecule has 0 bridgehead atoms. The largest absolute Gasteiger partial charge is 0.493 e. The number of hydrogen-bond donors (Lipinski definition) is 1. The van der Waals surface area contributed by atoms with Crippen molar-refractivity contribution in [2.45, 2.75) is 44.8 Å². The number of nitrogens with zero attached hydrogens (tertiary/aromatic N) is 1. The molecule has 1 aromatic rings. The molecule has 27 heavy (non-hydrogen) atoms. The van der Waals surface area contributed by atoms with E-state index in [4.69, 9.17) is 18.9 Å². The summed E-state index contributed by atoms with van der Waals surface area (Å²) in [5, 5.41) is 10.3. The topological polar surface area (TPSA) is 94.5 Å². The summed E-state index contributed by atoms with van der Waals surface area (Å²) in [6.07, 6.45) is -1.24. The Morgan fingerprint density at radius 2 is 1.89 bits per heavy atom. The van der Waals surface area contributed by atoms with Crippen molar-refractivity contribution in [3.05, 3.63) is 23.3 Å². The molecular weight excluding hydrogens is 374 g/mol. The maximum Gasteiger partial charge on any atom is 0.217 e. The van der Waals surface area contributed by atoms with Gasteiger partial charge in [-0.1, -0.05) is 0 Å². The van der Waals surface area contributed by atoms with Gasteiger partial charge in [-0.2, -0.15) is 4.31 Å². The Morgan fingerprint density at radius 3 is 2.44 bits per heavy atom. The van der Waals surface area contributed by atoms with Crippen molar-refractivity contribution in [1.29, 1.82) is 0 Å². The van der Waals surface area contributed by atoms with Gasteiger partial charge in [-0.05, 0) is 43.5 Å².